The summed E-state index contributed by atoms with van der Waals surface area (Å²) >= 11 is 0. The van der Waals surface area contributed by atoms with Gasteiger partial charge in [-0.15, -0.1) is 0 Å². The van der Waals surface area contributed by atoms with Gasteiger partial charge < -0.3 is 10.4 Å². The van der Waals surface area contributed by atoms with Crippen LogP contribution >= 0.6 is 0 Å². The molecule has 2 N–H and O–H groups in total. The Morgan fingerprint density at radius 1 is 1.07 bits per heavy atom. The average Bonchev–Trinajstić information content (AvgIpc) is 3.14. The molecule has 0 aliphatic heterocycles. The molecule has 27 heavy (non-hydrogen) atoms. The van der Waals surface area contributed by atoms with Gasteiger partial charge in [0.15, 0.2) is 11.5 Å². The molecule has 0 aliphatic carbocycles. The second-order valence-corrected chi connectivity index (χ2v) is 6.87. The van der Waals surface area contributed by atoms with Crippen molar-refractivity contribution < 1.29 is 5.11 Å². The Morgan fingerprint density at radius 3 is 2.63 bits per heavy atom. The number of hydrogen-bond acceptors (Lipinski definition) is 4. The van der Waals surface area contributed by atoms with Gasteiger partial charge in [0.2, 0.25) is 0 Å². The van der Waals surface area contributed by atoms with E-state index in [9.17, 15) is 5.11 Å². The Hall–Kier alpha value is -3.18. The molecule has 0 unspecified atom stereocenters. The zero-order valence-electron chi connectivity index (χ0n) is 15.4. The maximum atomic E-state index is 9.39. The summed E-state index contributed by atoms with van der Waals surface area (Å²) in [7, 11) is 0. The number of benzene rings is 2. The molecule has 0 atom stereocenters. The van der Waals surface area contributed by atoms with Crippen LogP contribution < -0.4 is 5.32 Å². The molecular weight excluding hydrogens is 336 g/mol. The average molecular weight is 358 g/mol. The van der Waals surface area contributed by atoms with Crippen molar-refractivity contribution in [2.75, 3.05) is 5.32 Å². The van der Waals surface area contributed by atoms with E-state index < -0.39 is 0 Å². The first-order chi connectivity index (χ1) is 13.2. The fraction of sp³-hybridized carbons (Fsp3) is 0.182. The van der Waals surface area contributed by atoms with Crippen LogP contribution in [0.3, 0.4) is 0 Å². The zero-order valence-corrected chi connectivity index (χ0v) is 15.4. The topological polar surface area (TPSA) is 62.5 Å². The first-order valence-electron chi connectivity index (χ1n) is 9.05. The van der Waals surface area contributed by atoms with Crippen molar-refractivity contribution in [3.63, 3.8) is 0 Å². The number of aromatic nitrogens is 3. The van der Waals surface area contributed by atoms with Gasteiger partial charge in [-0.3, -0.25) is 4.40 Å². The molecule has 0 fully saturated rings. The molecule has 0 aliphatic rings. The lowest BCUT2D eigenvalue weighted by Crippen LogP contribution is -1.99. The van der Waals surface area contributed by atoms with Crippen molar-refractivity contribution in [2.45, 2.75) is 26.4 Å². The molecule has 2 heterocycles. The van der Waals surface area contributed by atoms with Gasteiger partial charge in [0.25, 0.3) is 0 Å². The van der Waals surface area contributed by atoms with E-state index in [1.165, 1.54) is 5.56 Å². The van der Waals surface area contributed by atoms with E-state index in [2.05, 4.69) is 53.4 Å². The number of nitrogens with one attached hydrogen (secondary N) is 1. The number of rotatable bonds is 5. The van der Waals surface area contributed by atoms with Gasteiger partial charge >= 0.3 is 0 Å². The molecule has 0 spiro atoms. The Bertz CT molecular complexity index is 1070. The molecule has 4 rings (SSSR count). The summed E-state index contributed by atoms with van der Waals surface area (Å²) in [4.78, 5) is 9.03. The maximum absolute atomic E-state index is 9.39. The van der Waals surface area contributed by atoms with Gasteiger partial charge in [-0.05, 0) is 35.2 Å². The van der Waals surface area contributed by atoms with Gasteiger partial charge in [0.05, 0.1) is 18.5 Å². The number of aliphatic hydroxyl groups is 1. The van der Waals surface area contributed by atoms with E-state index in [0.29, 0.717) is 11.7 Å². The van der Waals surface area contributed by atoms with E-state index in [4.69, 9.17) is 0 Å². The van der Waals surface area contributed by atoms with Crippen molar-refractivity contribution in [3.05, 3.63) is 78.2 Å². The fourth-order valence-corrected chi connectivity index (χ4v) is 3.14. The monoisotopic (exact) mass is 358 g/mol. The van der Waals surface area contributed by atoms with Crippen LogP contribution in [0.15, 0.2) is 67.1 Å². The third-order valence-corrected chi connectivity index (χ3v) is 4.67. The molecule has 0 saturated carbocycles. The molecule has 5 nitrogen and oxygen atoms in total. The Morgan fingerprint density at radius 2 is 1.89 bits per heavy atom. The molecule has 0 saturated heterocycles. The quantitative estimate of drug-likeness (QED) is 0.540. The number of nitrogens with zero attached hydrogens (tertiary/aromatic N) is 3. The number of hydrogen-bond donors (Lipinski definition) is 2. The minimum Gasteiger partial charge on any atom is -0.392 e. The molecule has 5 heteroatoms. The van der Waals surface area contributed by atoms with Crippen molar-refractivity contribution >= 4 is 17.2 Å². The summed E-state index contributed by atoms with van der Waals surface area (Å²) < 4.78 is 2.01. The van der Waals surface area contributed by atoms with Crippen LogP contribution in [-0.4, -0.2) is 19.5 Å². The minimum absolute atomic E-state index is 0.0192. The van der Waals surface area contributed by atoms with Gasteiger partial charge in [-0.25, -0.2) is 9.97 Å². The lowest BCUT2D eigenvalue weighted by molar-refractivity contribution is 0.282. The van der Waals surface area contributed by atoms with Gasteiger partial charge in [0.1, 0.15) is 0 Å². The van der Waals surface area contributed by atoms with E-state index in [0.717, 1.165) is 28.2 Å². The van der Waals surface area contributed by atoms with Crippen molar-refractivity contribution in [2.24, 2.45) is 0 Å². The van der Waals surface area contributed by atoms with Gasteiger partial charge in [-0.1, -0.05) is 44.2 Å². The summed E-state index contributed by atoms with van der Waals surface area (Å²) in [5.74, 6) is 1.21. The highest BCUT2D eigenvalue weighted by Gasteiger charge is 2.11. The number of imidazole rings is 1. The third-order valence-electron chi connectivity index (χ3n) is 4.67. The number of fused-ring (bicyclic) bond motifs is 1. The highest BCUT2D eigenvalue weighted by molar-refractivity contribution is 5.74. The molecule has 2 aromatic heterocycles. The SMILES string of the molecule is CC(C)c1ccc(Nc2nccn3c(-c4cccc(CO)c4)cnc23)cc1. The molecule has 2 aromatic carbocycles. The molecule has 0 amide bonds. The first-order valence-corrected chi connectivity index (χ1v) is 9.05. The van der Waals surface area contributed by atoms with E-state index in [1.54, 1.807) is 6.20 Å². The highest BCUT2D eigenvalue weighted by atomic mass is 16.3. The summed E-state index contributed by atoms with van der Waals surface area (Å²) in [5, 5.41) is 12.8. The van der Waals surface area contributed by atoms with Gasteiger partial charge in [0, 0.05) is 23.6 Å². The number of anilines is 2. The van der Waals surface area contributed by atoms with Crippen LogP contribution in [-0.2, 0) is 6.61 Å². The predicted octanol–water partition coefficient (Wildman–Crippen LogP) is 4.76. The van der Waals surface area contributed by atoms with E-state index in [1.807, 2.05) is 41.1 Å². The second-order valence-electron chi connectivity index (χ2n) is 6.87. The first kappa shape index (κ1) is 17.2. The summed E-state index contributed by atoms with van der Waals surface area (Å²) in [6.07, 6.45) is 5.50. The summed E-state index contributed by atoms with van der Waals surface area (Å²) in [6, 6.07) is 16.2. The van der Waals surface area contributed by atoms with Crippen LogP contribution in [0.4, 0.5) is 11.5 Å². The van der Waals surface area contributed by atoms with Crippen LogP contribution in [0, 0.1) is 0 Å². The molecular formula is C22H22N4O. The van der Waals surface area contributed by atoms with Crippen LogP contribution in [0.5, 0.6) is 0 Å². The van der Waals surface area contributed by atoms with Crippen molar-refractivity contribution in [1.29, 1.82) is 0 Å². The van der Waals surface area contributed by atoms with E-state index in [-0.39, 0.29) is 6.61 Å². The highest BCUT2D eigenvalue weighted by Crippen LogP contribution is 2.26. The third kappa shape index (κ3) is 3.41. The van der Waals surface area contributed by atoms with Crippen LogP contribution in [0.25, 0.3) is 16.9 Å². The van der Waals surface area contributed by atoms with Crippen LogP contribution in [0.2, 0.25) is 0 Å². The fourth-order valence-electron chi connectivity index (χ4n) is 3.14. The molecule has 4 aromatic rings. The van der Waals surface area contributed by atoms with Crippen molar-refractivity contribution in [1.82, 2.24) is 14.4 Å². The summed E-state index contributed by atoms with van der Waals surface area (Å²) in [5.41, 5.74) is 5.88. The standard InChI is InChI=1S/C22H22N4O/c1-15(2)17-6-8-19(9-7-17)25-21-22-24-13-20(26(22)11-10-23-21)18-5-3-4-16(12-18)14-27/h3-13,15,27H,14H2,1-2H3,(H,23,25). The maximum Gasteiger partial charge on any atom is 0.180 e. The van der Waals surface area contributed by atoms with E-state index >= 15 is 0 Å². The predicted molar refractivity (Wildman–Crippen MR) is 108 cm³/mol. The largest absolute Gasteiger partial charge is 0.392 e. The molecule has 0 radical (unpaired) electrons. The van der Waals surface area contributed by atoms with Gasteiger partial charge in [-0.2, -0.15) is 0 Å². The lowest BCUT2D eigenvalue weighted by Gasteiger charge is -2.10. The summed E-state index contributed by atoms with van der Waals surface area (Å²) in [6.45, 7) is 4.39. The normalized spacial score (nSPS) is 11.3. The Balaban J connectivity index is 1.70. The lowest BCUT2D eigenvalue weighted by atomic mass is 10.0. The van der Waals surface area contributed by atoms with Crippen molar-refractivity contribution in [3.8, 4) is 11.3 Å². The second kappa shape index (κ2) is 7.21. The Kier molecular flexibility index (Phi) is 4.60. The molecule has 136 valence electrons. The van der Waals surface area contributed by atoms with Crippen LogP contribution in [0.1, 0.15) is 30.9 Å². The molecule has 0 bridgehead atoms. The smallest absolute Gasteiger partial charge is 0.180 e. The zero-order chi connectivity index (χ0) is 18.8. The minimum atomic E-state index is 0.0192. The Labute approximate surface area is 158 Å². The number of aliphatic hydroxyl groups excluding tert-OH is 1.